The Morgan fingerprint density at radius 3 is 2.84 bits per heavy atom. The summed E-state index contributed by atoms with van der Waals surface area (Å²) in [4.78, 5) is 29.6. The highest BCUT2D eigenvalue weighted by Gasteiger charge is 2.28. The first-order valence-corrected chi connectivity index (χ1v) is 8.53. The molecule has 1 amide bonds. The second-order valence-corrected chi connectivity index (χ2v) is 6.53. The second-order valence-electron chi connectivity index (χ2n) is 6.53. The molecule has 1 saturated heterocycles. The fourth-order valence-corrected chi connectivity index (χ4v) is 3.56. The number of hydrogen-bond acceptors (Lipinski definition) is 3. The number of nitrogens with zero attached hydrogens (tertiary/aromatic N) is 1. The number of pyridine rings is 1. The number of morpholine rings is 1. The molecule has 1 atom stereocenters. The lowest BCUT2D eigenvalue weighted by Gasteiger charge is -2.33. The van der Waals surface area contributed by atoms with E-state index in [1.54, 1.807) is 23.1 Å². The number of H-pyrrole nitrogens is 1. The van der Waals surface area contributed by atoms with Crippen LogP contribution in [-0.4, -0.2) is 35.5 Å². The van der Waals surface area contributed by atoms with Crippen molar-refractivity contribution in [2.24, 2.45) is 0 Å². The number of fused-ring (bicyclic) bond motifs is 1. The predicted molar refractivity (Wildman–Crippen MR) is 90.1 cm³/mol. The standard InChI is InChI=1S/C19H19FN2O3/c20-14-6-4-12(5-7-14)17-11-22(8-9-25-17)19(24)15-10-13-2-1-3-16(13)21-18(15)23/h4-7,10,17H,1-3,8-9,11H2,(H,21,23). The molecule has 1 fully saturated rings. The molecule has 2 aliphatic rings. The number of aromatic amines is 1. The molecule has 1 N–H and O–H groups in total. The van der Waals surface area contributed by atoms with Crippen molar-refractivity contribution in [1.82, 2.24) is 9.88 Å². The molecular formula is C19H19FN2O3. The second kappa shape index (κ2) is 6.44. The highest BCUT2D eigenvalue weighted by molar-refractivity contribution is 5.94. The third kappa shape index (κ3) is 3.09. The van der Waals surface area contributed by atoms with E-state index in [0.29, 0.717) is 19.7 Å². The molecule has 130 valence electrons. The predicted octanol–water partition coefficient (Wildman–Crippen LogP) is 2.22. The highest BCUT2D eigenvalue weighted by atomic mass is 19.1. The van der Waals surface area contributed by atoms with Crippen LogP contribution in [0, 0.1) is 5.82 Å². The van der Waals surface area contributed by atoms with Gasteiger partial charge < -0.3 is 14.6 Å². The molecule has 0 bridgehead atoms. The molecule has 0 radical (unpaired) electrons. The van der Waals surface area contributed by atoms with Gasteiger partial charge in [0.25, 0.3) is 11.5 Å². The average molecular weight is 342 g/mol. The van der Waals surface area contributed by atoms with Crippen molar-refractivity contribution < 1.29 is 13.9 Å². The van der Waals surface area contributed by atoms with Gasteiger partial charge in [-0.1, -0.05) is 12.1 Å². The Morgan fingerprint density at radius 1 is 1.24 bits per heavy atom. The fourth-order valence-electron chi connectivity index (χ4n) is 3.56. The minimum atomic E-state index is -0.324. The molecule has 1 aromatic heterocycles. The average Bonchev–Trinajstić information content (AvgIpc) is 3.08. The van der Waals surface area contributed by atoms with Crippen molar-refractivity contribution in [1.29, 1.82) is 0 Å². The molecular weight excluding hydrogens is 323 g/mol. The zero-order chi connectivity index (χ0) is 17.4. The number of rotatable bonds is 2. The Hall–Kier alpha value is -2.47. The number of halogens is 1. The summed E-state index contributed by atoms with van der Waals surface area (Å²) < 4.78 is 18.8. The van der Waals surface area contributed by atoms with Crippen LogP contribution in [0.15, 0.2) is 35.1 Å². The van der Waals surface area contributed by atoms with Crippen LogP contribution in [0.1, 0.15) is 39.7 Å². The molecule has 1 aliphatic heterocycles. The Morgan fingerprint density at radius 2 is 2.04 bits per heavy atom. The Balaban J connectivity index is 1.56. The molecule has 25 heavy (non-hydrogen) atoms. The van der Waals surface area contributed by atoms with Gasteiger partial charge in [-0.25, -0.2) is 4.39 Å². The smallest absolute Gasteiger partial charge is 0.261 e. The minimum absolute atomic E-state index is 0.195. The molecule has 0 saturated carbocycles. The molecule has 5 nitrogen and oxygen atoms in total. The summed E-state index contributed by atoms with van der Waals surface area (Å²) in [5.41, 5.74) is 2.71. The molecule has 2 aromatic rings. The lowest BCUT2D eigenvalue weighted by atomic mass is 10.1. The van der Waals surface area contributed by atoms with Crippen LogP contribution in [0.4, 0.5) is 4.39 Å². The van der Waals surface area contributed by atoms with Crippen LogP contribution >= 0.6 is 0 Å². The third-order valence-electron chi connectivity index (χ3n) is 4.91. The largest absolute Gasteiger partial charge is 0.370 e. The van der Waals surface area contributed by atoms with Gasteiger partial charge in [-0.3, -0.25) is 9.59 Å². The maximum absolute atomic E-state index is 13.1. The number of ether oxygens (including phenoxy) is 1. The number of hydrogen-bond donors (Lipinski definition) is 1. The quantitative estimate of drug-likeness (QED) is 0.910. The van der Waals surface area contributed by atoms with E-state index in [1.165, 1.54) is 12.1 Å². The van der Waals surface area contributed by atoms with E-state index in [9.17, 15) is 14.0 Å². The van der Waals surface area contributed by atoms with Gasteiger partial charge in [-0.2, -0.15) is 0 Å². The summed E-state index contributed by atoms with van der Waals surface area (Å²) in [6.07, 6.45) is 2.45. The molecule has 1 aliphatic carbocycles. The lowest BCUT2D eigenvalue weighted by molar-refractivity contribution is -0.0229. The van der Waals surface area contributed by atoms with E-state index in [2.05, 4.69) is 4.98 Å². The maximum atomic E-state index is 13.1. The summed E-state index contributed by atoms with van der Waals surface area (Å²) in [5.74, 6) is -0.580. The van der Waals surface area contributed by atoms with Gasteiger partial charge in [0.05, 0.1) is 13.2 Å². The minimum Gasteiger partial charge on any atom is -0.370 e. The fraction of sp³-hybridized carbons (Fsp3) is 0.368. The van der Waals surface area contributed by atoms with E-state index in [4.69, 9.17) is 4.74 Å². The zero-order valence-electron chi connectivity index (χ0n) is 13.8. The van der Waals surface area contributed by atoms with Crippen LogP contribution in [0.5, 0.6) is 0 Å². The van der Waals surface area contributed by atoms with Crippen LogP contribution in [0.2, 0.25) is 0 Å². The van der Waals surface area contributed by atoms with Crippen molar-refractivity contribution in [3.63, 3.8) is 0 Å². The first kappa shape index (κ1) is 16.0. The van der Waals surface area contributed by atoms with Crippen molar-refractivity contribution in [3.05, 3.63) is 68.9 Å². The van der Waals surface area contributed by atoms with E-state index in [0.717, 1.165) is 36.1 Å². The molecule has 0 spiro atoms. The van der Waals surface area contributed by atoms with Crippen molar-refractivity contribution in [3.8, 4) is 0 Å². The van der Waals surface area contributed by atoms with Crippen LogP contribution in [0.3, 0.4) is 0 Å². The van der Waals surface area contributed by atoms with E-state index >= 15 is 0 Å². The van der Waals surface area contributed by atoms with Crippen molar-refractivity contribution in [2.75, 3.05) is 19.7 Å². The van der Waals surface area contributed by atoms with Crippen LogP contribution in [0.25, 0.3) is 0 Å². The van der Waals surface area contributed by atoms with Crippen LogP contribution < -0.4 is 5.56 Å². The Kier molecular flexibility index (Phi) is 4.13. The van der Waals surface area contributed by atoms with Gasteiger partial charge >= 0.3 is 0 Å². The van der Waals surface area contributed by atoms with Gasteiger partial charge in [-0.05, 0) is 48.6 Å². The Bertz CT molecular complexity index is 860. The molecule has 1 unspecified atom stereocenters. The van der Waals surface area contributed by atoms with E-state index < -0.39 is 0 Å². The molecule has 4 rings (SSSR count). The SMILES string of the molecule is O=C(c1cc2c([nH]c1=O)CCC2)N1CCOC(c2ccc(F)cc2)C1. The van der Waals surface area contributed by atoms with Crippen molar-refractivity contribution in [2.45, 2.75) is 25.4 Å². The maximum Gasteiger partial charge on any atom is 0.261 e. The third-order valence-corrected chi connectivity index (χ3v) is 4.91. The molecule has 2 heterocycles. The number of aryl methyl sites for hydroxylation is 2. The number of aromatic nitrogens is 1. The van der Waals surface area contributed by atoms with Gasteiger partial charge in [0.1, 0.15) is 17.5 Å². The van der Waals surface area contributed by atoms with Crippen LogP contribution in [-0.2, 0) is 17.6 Å². The first-order valence-electron chi connectivity index (χ1n) is 8.53. The normalized spacial score (nSPS) is 19.7. The lowest BCUT2D eigenvalue weighted by Crippen LogP contribution is -2.44. The number of benzene rings is 1. The summed E-state index contributed by atoms with van der Waals surface area (Å²) in [7, 11) is 0. The van der Waals surface area contributed by atoms with E-state index in [1.807, 2.05) is 0 Å². The van der Waals surface area contributed by atoms with Gasteiger partial charge in [0, 0.05) is 12.2 Å². The monoisotopic (exact) mass is 342 g/mol. The number of carbonyl (C=O) groups excluding carboxylic acids is 1. The summed E-state index contributed by atoms with van der Waals surface area (Å²) in [6, 6.07) is 7.83. The van der Waals surface area contributed by atoms with Crippen molar-refractivity contribution >= 4 is 5.91 Å². The van der Waals surface area contributed by atoms with Gasteiger partial charge in [-0.15, -0.1) is 0 Å². The Labute approximate surface area is 144 Å². The van der Waals surface area contributed by atoms with Gasteiger partial charge in [0.15, 0.2) is 0 Å². The first-order chi connectivity index (χ1) is 12.1. The number of carbonyl (C=O) groups is 1. The molecule has 1 aromatic carbocycles. The summed E-state index contributed by atoms with van der Waals surface area (Å²) in [6.45, 7) is 1.17. The summed E-state index contributed by atoms with van der Waals surface area (Å²) in [5, 5.41) is 0. The van der Waals surface area contributed by atoms with Gasteiger partial charge in [0.2, 0.25) is 0 Å². The number of nitrogens with one attached hydrogen (secondary N) is 1. The summed E-state index contributed by atoms with van der Waals surface area (Å²) >= 11 is 0. The zero-order valence-corrected chi connectivity index (χ0v) is 13.8. The number of amides is 1. The highest BCUT2D eigenvalue weighted by Crippen LogP contribution is 2.24. The molecule has 6 heteroatoms. The topological polar surface area (TPSA) is 62.4 Å². The van der Waals surface area contributed by atoms with E-state index in [-0.39, 0.29) is 29.0 Å².